The SMILES string of the molecule is N#Cc1ccc(C2(CN)CC2)s1. The largest absolute Gasteiger partial charge is 0.330 e. The zero-order valence-electron chi connectivity index (χ0n) is 6.71. The van der Waals surface area contributed by atoms with Crippen molar-refractivity contribution in [1.29, 1.82) is 5.26 Å². The lowest BCUT2D eigenvalue weighted by molar-refractivity contribution is 0.720. The summed E-state index contributed by atoms with van der Waals surface area (Å²) in [5, 5.41) is 8.64. The van der Waals surface area contributed by atoms with Gasteiger partial charge in [0, 0.05) is 16.8 Å². The Balaban J connectivity index is 2.30. The predicted molar refractivity (Wildman–Crippen MR) is 49.0 cm³/mol. The van der Waals surface area contributed by atoms with Gasteiger partial charge >= 0.3 is 0 Å². The number of rotatable bonds is 2. The highest BCUT2D eigenvalue weighted by molar-refractivity contribution is 7.12. The Kier molecular flexibility index (Phi) is 1.67. The van der Waals surface area contributed by atoms with Crippen molar-refractivity contribution in [3.05, 3.63) is 21.9 Å². The standard InChI is InChI=1S/C9H10N2S/c10-5-7-1-2-8(12-7)9(6-11)3-4-9/h1-2H,3-4,6,11H2. The highest BCUT2D eigenvalue weighted by atomic mass is 32.1. The molecule has 1 fully saturated rings. The van der Waals surface area contributed by atoms with Crippen LogP contribution >= 0.6 is 11.3 Å². The van der Waals surface area contributed by atoms with Gasteiger partial charge in [0.05, 0.1) is 0 Å². The maximum Gasteiger partial charge on any atom is 0.110 e. The lowest BCUT2D eigenvalue weighted by Gasteiger charge is -2.07. The predicted octanol–water partition coefficient (Wildman–Crippen LogP) is 1.61. The van der Waals surface area contributed by atoms with E-state index >= 15 is 0 Å². The van der Waals surface area contributed by atoms with Crippen LogP contribution in [0.2, 0.25) is 0 Å². The molecular weight excluding hydrogens is 168 g/mol. The fourth-order valence-electron chi connectivity index (χ4n) is 1.39. The van der Waals surface area contributed by atoms with Crippen LogP contribution in [0, 0.1) is 11.3 Å². The number of nitrogens with zero attached hydrogens (tertiary/aromatic N) is 1. The molecule has 1 heterocycles. The number of hydrogen-bond acceptors (Lipinski definition) is 3. The maximum atomic E-state index is 8.64. The van der Waals surface area contributed by atoms with Crippen LogP contribution < -0.4 is 5.73 Å². The molecule has 2 nitrogen and oxygen atoms in total. The third-order valence-electron chi connectivity index (χ3n) is 2.48. The molecule has 0 saturated heterocycles. The Morgan fingerprint density at radius 1 is 1.58 bits per heavy atom. The smallest absolute Gasteiger partial charge is 0.110 e. The first-order valence-electron chi connectivity index (χ1n) is 4.01. The molecule has 0 radical (unpaired) electrons. The Bertz CT molecular complexity index is 331. The van der Waals surface area contributed by atoms with Crippen molar-refractivity contribution in [1.82, 2.24) is 0 Å². The number of nitriles is 1. The molecule has 0 bridgehead atoms. The molecule has 0 spiro atoms. The second-order valence-electron chi connectivity index (χ2n) is 3.26. The first-order chi connectivity index (χ1) is 5.80. The van der Waals surface area contributed by atoms with Crippen LogP contribution in [0.4, 0.5) is 0 Å². The van der Waals surface area contributed by atoms with Crippen LogP contribution in [0.3, 0.4) is 0 Å². The molecular formula is C9H10N2S. The van der Waals surface area contributed by atoms with Crippen LogP contribution in [0.15, 0.2) is 12.1 Å². The topological polar surface area (TPSA) is 49.8 Å². The van der Waals surface area contributed by atoms with Crippen molar-refractivity contribution in [3.8, 4) is 6.07 Å². The minimum absolute atomic E-state index is 0.250. The van der Waals surface area contributed by atoms with Gasteiger partial charge in [0.2, 0.25) is 0 Å². The van der Waals surface area contributed by atoms with Crippen molar-refractivity contribution in [2.45, 2.75) is 18.3 Å². The zero-order chi connectivity index (χ0) is 8.60. The Hall–Kier alpha value is -0.850. The number of hydrogen-bond donors (Lipinski definition) is 1. The summed E-state index contributed by atoms with van der Waals surface area (Å²) in [6.07, 6.45) is 2.38. The van der Waals surface area contributed by atoms with Gasteiger partial charge in [-0.1, -0.05) is 0 Å². The first kappa shape index (κ1) is 7.78. The molecule has 0 unspecified atom stereocenters. The molecule has 62 valence electrons. The van der Waals surface area contributed by atoms with Gasteiger partial charge in [0.15, 0.2) is 0 Å². The average molecular weight is 178 g/mol. The van der Waals surface area contributed by atoms with Gasteiger partial charge in [-0.15, -0.1) is 11.3 Å². The van der Waals surface area contributed by atoms with Gasteiger partial charge in [-0.05, 0) is 25.0 Å². The third kappa shape index (κ3) is 1.04. The molecule has 0 atom stereocenters. The molecule has 1 aliphatic rings. The molecule has 3 heteroatoms. The van der Waals surface area contributed by atoms with E-state index < -0.39 is 0 Å². The third-order valence-corrected chi connectivity index (χ3v) is 3.72. The highest BCUT2D eigenvalue weighted by Gasteiger charge is 2.43. The van der Waals surface area contributed by atoms with Gasteiger partial charge in [-0.3, -0.25) is 0 Å². The quantitative estimate of drug-likeness (QED) is 0.748. The molecule has 0 aromatic carbocycles. The molecule has 12 heavy (non-hydrogen) atoms. The van der Waals surface area contributed by atoms with E-state index in [4.69, 9.17) is 11.0 Å². The van der Waals surface area contributed by atoms with Gasteiger partial charge in [-0.25, -0.2) is 0 Å². The van der Waals surface area contributed by atoms with Crippen LogP contribution in [0.25, 0.3) is 0 Å². The van der Waals surface area contributed by atoms with E-state index in [9.17, 15) is 0 Å². The fraction of sp³-hybridized carbons (Fsp3) is 0.444. The van der Waals surface area contributed by atoms with Crippen molar-refractivity contribution in [2.75, 3.05) is 6.54 Å². The van der Waals surface area contributed by atoms with E-state index in [0.717, 1.165) is 11.4 Å². The van der Waals surface area contributed by atoms with Crippen molar-refractivity contribution in [3.63, 3.8) is 0 Å². The fourth-order valence-corrected chi connectivity index (χ4v) is 2.44. The van der Waals surface area contributed by atoms with Gasteiger partial charge in [0.25, 0.3) is 0 Å². The van der Waals surface area contributed by atoms with Gasteiger partial charge < -0.3 is 5.73 Å². The highest BCUT2D eigenvalue weighted by Crippen LogP contribution is 2.49. The van der Waals surface area contributed by atoms with Crippen LogP contribution in [-0.4, -0.2) is 6.54 Å². The molecule has 2 rings (SSSR count). The van der Waals surface area contributed by atoms with Crippen LogP contribution in [0.1, 0.15) is 22.6 Å². The second kappa shape index (κ2) is 2.58. The summed E-state index contributed by atoms with van der Waals surface area (Å²) < 4.78 is 0. The molecule has 1 aliphatic carbocycles. The Morgan fingerprint density at radius 3 is 2.75 bits per heavy atom. The summed E-state index contributed by atoms with van der Waals surface area (Å²) in [6.45, 7) is 0.721. The molecule has 1 aromatic heterocycles. The molecule has 1 aromatic rings. The van der Waals surface area contributed by atoms with Gasteiger partial charge in [0.1, 0.15) is 10.9 Å². The molecule has 0 amide bonds. The Labute approximate surface area is 75.6 Å². The van der Waals surface area contributed by atoms with E-state index in [0.29, 0.717) is 0 Å². The summed E-state index contributed by atoms with van der Waals surface area (Å²) in [7, 11) is 0. The minimum Gasteiger partial charge on any atom is -0.330 e. The molecule has 0 aliphatic heterocycles. The van der Waals surface area contributed by atoms with Gasteiger partial charge in [-0.2, -0.15) is 5.26 Å². The number of nitrogens with two attached hydrogens (primary N) is 1. The maximum absolute atomic E-state index is 8.64. The van der Waals surface area contributed by atoms with Crippen molar-refractivity contribution < 1.29 is 0 Å². The summed E-state index contributed by atoms with van der Waals surface area (Å²) in [4.78, 5) is 2.09. The molecule has 2 N–H and O–H groups in total. The zero-order valence-corrected chi connectivity index (χ0v) is 7.53. The number of thiophene rings is 1. The normalized spacial score (nSPS) is 18.7. The summed E-state index contributed by atoms with van der Waals surface area (Å²) in [5.74, 6) is 0. The van der Waals surface area contributed by atoms with E-state index in [1.54, 1.807) is 11.3 Å². The summed E-state index contributed by atoms with van der Waals surface area (Å²) in [5.41, 5.74) is 5.93. The lowest BCUT2D eigenvalue weighted by atomic mass is 10.1. The van der Waals surface area contributed by atoms with E-state index in [-0.39, 0.29) is 5.41 Å². The van der Waals surface area contributed by atoms with Crippen LogP contribution in [0.5, 0.6) is 0 Å². The van der Waals surface area contributed by atoms with Crippen LogP contribution in [-0.2, 0) is 5.41 Å². The second-order valence-corrected chi connectivity index (χ2v) is 4.34. The lowest BCUT2D eigenvalue weighted by Crippen LogP contribution is -2.18. The van der Waals surface area contributed by atoms with Crippen molar-refractivity contribution in [2.24, 2.45) is 5.73 Å². The van der Waals surface area contributed by atoms with Crippen molar-refractivity contribution >= 4 is 11.3 Å². The monoisotopic (exact) mass is 178 g/mol. The first-order valence-corrected chi connectivity index (χ1v) is 4.83. The van der Waals surface area contributed by atoms with E-state index in [2.05, 4.69) is 6.07 Å². The Morgan fingerprint density at radius 2 is 2.33 bits per heavy atom. The molecule has 1 saturated carbocycles. The van der Waals surface area contributed by atoms with E-state index in [1.807, 2.05) is 12.1 Å². The average Bonchev–Trinajstić information content (AvgIpc) is 2.77. The minimum atomic E-state index is 0.250. The van der Waals surface area contributed by atoms with E-state index in [1.165, 1.54) is 17.7 Å². The summed E-state index contributed by atoms with van der Waals surface area (Å²) in [6, 6.07) is 6.08. The summed E-state index contributed by atoms with van der Waals surface area (Å²) >= 11 is 1.59.